The summed E-state index contributed by atoms with van der Waals surface area (Å²) in [7, 11) is 0. The zero-order chi connectivity index (χ0) is 17.4. The predicted octanol–water partition coefficient (Wildman–Crippen LogP) is 6.13. The van der Waals surface area contributed by atoms with Crippen LogP contribution >= 0.6 is 0 Å². The first-order valence-corrected chi connectivity index (χ1v) is 7.98. The number of phenols is 2. The lowest BCUT2D eigenvalue weighted by Gasteiger charge is -2.06. The van der Waals surface area contributed by atoms with Gasteiger partial charge in [-0.1, -0.05) is 36.4 Å². The molecule has 0 bridgehead atoms. The lowest BCUT2D eigenvalue weighted by atomic mass is 10.1. The van der Waals surface area contributed by atoms with E-state index in [4.69, 9.17) is 0 Å². The van der Waals surface area contributed by atoms with Crippen LogP contribution in [0.4, 0.5) is 11.4 Å². The van der Waals surface area contributed by atoms with Gasteiger partial charge in [0.2, 0.25) is 0 Å². The number of aromatic hydroxyl groups is 2. The van der Waals surface area contributed by atoms with Gasteiger partial charge in [-0.3, -0.25) is 0 Å². The minimum absolute atomic E-state index is 0.222. The van der Waals surface area contributed by atoms with E-state index in [1.807, 2.05) is 55.5 Å². The van der Waals surface area contributed by atoms with E-state index < -0.39 is 0 Å². The first-order valence-electron chi connectivity index (χ1n) is 7.98. The molecule has 0 heterocycles. The molecule has 4 aromatic carbocycles. The van der Waals surface area contributed by atoms with Crippen LogP contribution in [0.3, 0.4) is 0 Å². The van der Waals surface area contributed by atoms with Gasteiger partial charge in [-0.05, 0) is 42.8 Å². The van der Waals surface area contributed by atoms with E-state index in [1.165, 1.54) is 0 Å². The second-order valence-corrected chi connectivity index (χ2v) is 6.01. The summed E-state index contributed by atoms with van der Waals surface area (Å²) < 4.78 is 0. The molecular weight excluding hydrogens is 312 g/mol. The number of nitrogens with zero attached hydrogens (tertiary/aromatic N) is 2. The van der Waals surface area contributed by atoms with Gasteiger partial charge in [-0.15, -0.1) is 10.2 Å². The molecule has 25 heavy (non-hydrogen) atoms. The fraction of sp³-hybridized carbons (Fsp3) is 0.0476. The van der Waals surface area contributed by atoms with Crippen LogP contribution in [-0.2, 0) is 0 Å². The van der Waals surface area contributed by atoms with Gasteiger partial charge >= 0.3 is 0 Å². The van der Waals surface area contributed by atoms with Gasteiger partial charge in [0.15, 0.2) is 0 Å². The molecule has 4 aromatic rings. The number of hydrogen-bond donors (Lipinski definition) is 2. The van der Waals surface area contributed by atoms with Gasteiger partial charge in [-0.2, -0.15) is 0 Å². The number of benzene rings is 4. The Morgan fingerprint density at radius 1 is 0.600 bits per heavy atom. The molecule has 0 aliphatic rings. The maximum Gasteiger partial charge on any atom is 0.123 e. The summed E-state index contributed by atoms with van der Waals surface area (Å²) >= 11 is 0. The fourth-order valence-corrected chi connectivity index (χ4v) is 3.05. The molecule has 0 saturated heterocycles. The minimum atomic E-state index is 0.222. The molecule has 0 spiro atoms. The van der Waals surface area contributed by atoms with Crippen molar-refractivity contribution in [1.29, 1.82) is 0 Å². The second kappa shape index (κ2) is 5.91. The summed E-state index contributed by atoms with van der Waals surface area (Å²) in [6.07, 6.45) is 0. The van der Waals surface area contributed by atoms with Crippen molar-refractivity contribution in [2.75, 3.05) is 0 Å². The maximum atomic E-state index is 10.1. The normalized spacial score (nSPS) is 11.6. The van der Waals surface area contributed by atoms with Crippen molar-refractivity contribution in [3.8, 4) is 11.5 Å². The Morgan fingerprint density at radius 3 is 1.88 bits per heavy atom. The largest absolute Gasteiger partial charge is 0.507 e. The molecule has 0 aliphatic carbocycles. The second-order valence-electron chi connectivity index (χ2n) is 6.01. The molecule has 0 atom stereocenters. The van der Waals surface area contributed by atoms with Crippen LogP contribution < -0.4 is 0 Å². The molecule has 0 amide bonds. The molecule has 0 fully saturated rings. The first kappa shape index (κ1) is 15.1. The summed E-state index contributed by atoms with van der Waals surface area (Å²) in [6.45, 7) is 1.93. The van der Waals surface area contributed by atoms with E-state index in [-0.39, 0.29) is 11.5 Å². The highest BCUT2D eigenvalue weighted by Crippen LogP contribution is 2.36. The smallest absolute Gasteiger partial charge is 0.123 e. The van der Waals surface area contributed by atoms with Gasteiger partial charge in [-0.25, -0.2) is 0 Å². The van der Waals surface area contributed by atoms with Crippen LogP contribution in [0.5, 0.6) is 11.5 Å². The lowest BCUT2D eigenvalue weighted by molar-refractivity contribution is 0.481. The molecular formula is C21H16N2O2. The van der Waals surface area contributed by atoms with E-state index in [9.17, 15) is 10.2 Å². The van der Waals surface area contributed by atoms with E-state index in [2.05, 4.69) is 10.2 Å². The molecule has 0 saturated carbocycles. The van der Waals surface area contributed by atoms with Crippen molar-refractivity contribution in [3.05, 3.63) is 72.3 Å². The minimum Gasteiger partial charge on any atom is -0.507 e. The Labute approximate surface area is 144 Å². The van der Waals surface area contributed by atoms with Gasteiger partial charge < -0.3 is 10.2 Å². The van der Waals surface area contributed by atoms with Crippen molar-refractivity contribution >= 4 is 32.9 Å². The van der Waals surface area contributed by atoms with Crippen LogP contribution in [0.2, 0.25) is 0 Å². The summed E-state index contributed by atoms with van der Waals surface area (Å²) in [4.78, 5) is 0. The van der Waals surface area contributed by atoms with Gasteiger partial charge in [0.05, 0.1) is 11.4 Å². The van der Waals surface area contributed by atoms with Crippen molar-refractivity contribution in [1.82, 2.24) is 0 Å². The highest BCUT2D eigenvalue weighted by molar-refractivity contribution is 5.98. The average Bonchev–Trinajstić information content (AvgIpc) is 2.60. The van der Waals surface area contributed by atoms with Gasteiger partial charge in [0, 0.05) is 21.5 Å². The third-order valence-electron chi connectivity index (χ3n) is 4.24. The van der Waals surface area contributed by atoms with Crippen LogP contribution in [0, 0.1) is 6.92 Å². The number of rotatable bonds is 2. The summed E-state index contributed by atoms with van der Waals surface area (Å²) in [5.74, 6) is 0.461. The van der Waals surface area contributed by atoms with Crippen molar-refractivity contribution in [2.45, 2.75) is 6.92 Å². The molecule has 0 aromatic heterocycles. The van der Waals surface area contributed by atoms with E-state index in [1.54, 1.807) is 18.2 Å². The Bertz CT molecular complexity index is 1130. The fourth-order valence-electron chi connectivity index (χ4n) is 3.05. The van der Waals surface area contributed by atoms with E-state index in [0.29, 0.717) is 11.4 Å². The monoisotopic (exact) mass is 328 g/mol. The number of azo groups is 1. The Morgan fingerprint density at radius 2 is 1.16 bits per heavy atom. The summed E-state index contributed by atoms with van der Waals surface area (Å²) in [5, 5.41) is 32.1. The average molecular weight is 328 g/mol. The Kier molecular flexibility index (Phi) is 3.58. The van der Waals surface area contributed by atoms with Gasteiger partial charge in [0.25, 0.3) is 0 Å². The van der Waals surface area contributed by atoms with Crippen molar-refractivity contribution < 1.29 is 10.2 Å². The molecule has 4 heteroatoms. The van der Waals surface area contributed by atoms with E-state index >= 15 is 0 Å². The Balaban J connectivity index is 1.86. The molecule has 4 nitrogen and oxygen atoms in total. The van der Waals surface area contributed by atoms with Crippen LogP contribution in [0.15, 0.2) is 77.0 Å². The molecule has 0 unspecified atom stereocenters. The summed E-state index contributed by atoms with van der Waals surface area (Å²) in [5.41, 5.74) is 2.33. The van der Waals surface area contributed by atoms with Crippen LogP contribution in [0.1, 0.15) is 5.56 Å². The van der Waals surface area contributed by atoms with Crippen LogP contribution in [0.25, 0.3) is 21.5 Å². The molecule has 0 radical (unpaired) electrons. The molecule has 122 valence electrons. The number of phenolic OH excluding ortho intramolecular Hbond substituents is 2. The number of aryl methyl sites for hydroxylation is 1. The van der Waals surface area contributed by atoms with Crippen LogP contribution in [-0.4, -0.2) is 10.2 Å². The number of fused-ring (bicyclic) bond motifs is 2. The molecule has 0 aliphatic heterocycles. The highest BCUT2D eigenvalue weighted by atomic mass is 16.3. The zero-order valence-electron chi connectivity index (χ0n) is 13.6. The topological polar surface area (TPSA) is 65.2 Å². The lowest BCUT2D eigenvalue weighted by Crippen LogP contribution is -1.79. The third kappa shape index (κ3) is 2.68. The maximum absolute atomic E-state index is 10.1. The predicted molar refractivity (Wildman–Crippen MR) is 100 cm³/mol. The highest BCUT2D eigenvalue weighted by Gasteiger charge is 2.06. The summed E-state index contributed by atoms with van der Waals surface area (Å²) in [6, 6.07) is 20.2. The molecule has 4 rings (SSSR count). The quantitative estimate of drug-likeness (QED) is 0.435. The van der Waals surface area contributed by atoms with E-state index in [0.717, 1.165) is 27.1 Å². The van der Waals surface area contributed by atoms with Crippen molar-refractivity contribution in [3.63, 3.8) is 0 Å². The SMILES string of the molecule is Cc1cc(O)c2cccc(/N=N/c3cccc4c(O)cccc34)c2c1. The zero-order valence-corrected chi connectivity index (χ0v) is 13.6. The standard InChI is InChI=1S/C21H16N2O2/c1-13-11-17-16(21(25)12-13)7-3-9-19(17)23-22-18-8-2-6-15-14(18)5-4-10-20(15)24/h2-12,24-25H,1H3/b23-22+. The molecule has 2 N–H and O–H groups in total. The first-order chi connectivity index (χ1) is 12.1. The van der Waals surface area contributed by atoms with Crippen molar-refractivity contribution in [2.24, 2.45) is 10.2 Å². The van der Waals surface area contributed by atoms with Gasteiger partial charge in [0.1, 0.15) is 11.5 Å². The third-order valence-corrected chi connectivity index (χ3v) is 4.24. The number of hydrogen-bond acceptors (Lipinski definition) is 4. The Hall–Kier alpha value is -3.40.